The Morgan fingerprint density at radius 1 is 1.30 bits per heavy atom. The van der Waals surface area contributed by atoms with Crippen LogP contribution in [0.2, 0.25) is 0 Å². The van der Waals surface area contributed by atoms with Crippen molar-refractivity contribution in [3.05, 3.63) is 58.8 Å². The average molecular weight is 409 g/mol. The highest BCUT2D eigenvalue weighted by atomic mass is 16.5. The normalized spacial score (nSPS) is 16.1. The zero-order valence-corrected chi connectivity index (χ0v) is 17.9. The van der Waals surface area contributed by atoms with E-state index < -0.39 is 0 Å². The first-order valence-electron chi connectivity index (χ1n) is 10.2. The summed E-state index contributed by atoms with van der Waals surface area (Å²) in [6, 6.07) is 9.30. The molecule has 7 heteroatoms. The van der Waals surface area contributed by atoms with Gasteiger partial charge in [0.15, 0.2) is 0 Å². The number of benzene rings is 1. The van der Waals surface area contributed by atoms with Crippen molar-refractivity contribution in [3.8, 4) is 5.88 Å². The molecule has 2 N–H and O–H groups in total. The highest BCUT2D eigenvalue weighted by molar-refractivity contribution is 6.10. The lowest BCUT2D eigenvalue weighted by atomic mass is 10.00. The van der Waals surface area contributed by atoms with E-state index in [9.17, 15) is 9.59 Å². The van der Waals surface area contributed by atoms with Crippen LogP contribution in [0, 0.1) is 12.8 Å². The molecule has 0 saturated heterocycles. The summed E-state index contributed by atoms with van der Waals surface area (Å²) < 4.78 is 5.39. The quantitative estimate of drug-likeness (QED) is 0.736. The van der Waals surface area contributed by atoms with Crippen LogP contribution in [0.5, 0.6) is 5.88 Å². The third-order valence-corrected chi connectivity index (χ3v) is 4.91. The number of carbonyl (C=O) groups excluding carboxylic acids is 2. The molecule has 1 atom stereocenters. The number of hydrogen-bond donors (Lipinski definition) is 2. The fourth-order valence-electron chi connectivity index (χ4n) is 3.17. The third-order valence-electron chi connectivity index (χ3n) is 4.91. The van der Waals surface area contributed by atoms with E-state index in [1.807, 2.05) is 52.0 Å². The molecule has 0 spiro atoms. The van der Waals surface area contributed by atoms with Crippen molar-refractivity contribution in [2.75, 3.05) is 6.61 Å². The van der Waals surface area contributed by atoms with E-state index >= 15 is 0 Å². The first kappa shape index (κ1) is 21.5. The van der Waals surface area contributed by atoms with Crippen molar-refractivity contribution in [1.82, 2.24) is 15.6 Å². The molecule has 158 valence electrons. The Morgan fingerprint density at radius 2 is 2.10 bits per heavy atom. The zero-order chi connectivity index (χ0) is 21.7. The molecule has 30 heavy (non-hydrogen) atoms. The van der Waals surface area contributed by atoms with Crippen LogP contribution < -0.4 is 15.4 Å². The molecule has 3 rings (SSSR count). The lowest BCUT2D eigenvalue weighted by Gasteiger charge is -2.22. The Labute approximate surface area is 177 Å². The number of nitrogens with zero attached hydrogens (tertiary/aromatic N) is 2. The van der Waals surface area contributed by atoms with Crippen LogP contribution in [-0.4, -0.2) is 29.2 Å². The Balaban J connectivity index is 1.85. The minimum Gasteiger partial charge on any atom is -0.478 e. The minimum atomic E-state index is -0.305. The summed E-state index contributed by atoms with van der Waals surface area (Å²) in [6.45, 7) is 8.58. The van der Waals surface area contributed by atoms with Crippen LogP contribution in [0.4, 0.5) is 0 Å². The van der Waals surface area contributed by atoms with Crippen molar-refractivity contribution >= 4 is 17.6 Å². The van der Waals surface area contributed by atoms with Gasteiger partial charge in [0, 0.05) is 30.3 Å². The molecule has 1 aromatic heterocycles. The Bertz CT molecular complexity index is 951. The summed E-state index contributed by atoms with van der Waals surface area (Å²) in [5.41, 5.74) is 3.66. The number of aryl methyl sites for hydroxylation is 1. The van der Waals surface area contributed by atoms with E-state index in [4.69, 9.17) is 9.73 Å². The van der Waals surface area contributed by atoms with E-state index in [0.717, 1.165) is 22.3 Å². The minimum absolute atomic E-state index is 0.00324. The van der Waals surface area contributed by atoms with Gasteiger partial charge in [0.25, 0.3) is 0 Å². The number of hydrogen-bond acceptors (Lipinski definition) is 5. The SMILES string of the molecule is CCOc1ccc(C2CC(=O)NC(c3cc(CNC(=O)C(C)C)ccc3C)=N2)cn1. The van der Waals surface area contributed by atoms with Crippen LogP contribution in [0.25, 0.3) is 0 Å². The number of carbonyl (C=O) groups is 2. The van der Waals surface area contributed by atoms with Crippen LogP contribution in [-0.2, 0) is 16.1 Å². The lowest BCUT2D eigenvalue weighted by molar-refractivity contribution is -0.124. The van der Waals surface area contributed by atoms with E-state index in [0.29, 0.717) is 24.9 Å². The van der Waals surface area contributed by atoms with E-state index in [1.165, 1.54) is 0 Å². The molecular formula is C23H28N4O3. The molecular weight excluding hydrogens is 380 g/mol. The molecule has 0 fully saturated rings. The van der Waals surface area contributed by atoms with Crippen LogP contribution in [0.15, 0.2) is 41.5 Å². The van der Waals surface area contributed by atoms with Crippen molar-refractivity contribution < 1.29 is 14.3 Å². The second-order valence-electron chi connectivity index (χ2n) is 7.63. The van der Waals surface area contributed by atoms with Gasteiger partial charge in [0.1, 0.15) is 5.84 Å². The van der Waals surface area contributed by atoms with Gasteiger partial charge in [0.2, 0.25) is 17.7 Å². The second kappa shape index (κ2) is 9.52. The Hall–Kier alpha value is -3.22. The van der Waals surface area contributed by atoms with Crippen molar-refractivity contribution in [2.24, 2.45) is 10.9 Å². The molecule has 2 heterocycles. The predicted octanol–water partition coefficient (Wildman–Crippen LogP) is 3.07. The van der Waals surface area contributed by atoms with Gasteiger partial charge in [-0.15, -0.1) is 0 Å². The molecule has 0 saturated carbocycles. The number of aliphatic imine (C=N–C) groups is 1. The van der Waals surface area contributed by atoms with Crippen molar-refractivity contribution in [1.29, 1.82) is 0 Å². The number of pyridine rings is 1. The van der Waals surface area contributed by atoms with Crippen LogP contribution in [0.3, 0.4) is 0 Å². The van der Waals surface area contributed by atoms with Gasteiger partial charge in [-0.3, -0.25) is 14.6 Å². The standard InChI is InChI=1S/C23H28N4O3/c1-5-30-21-9-8-17(13-24-21)19-11-20(28)27-22(26-19)18-10-16(7-6-15(18)4)12-25-23(29)14(2)3/h6-10,13-14,19H,5,11-12H2,1-4H3,(H,25,29)(H,26,27,28). The summed E-state index contributed by atoms with van der Waals surface area (Å²) >= 11 is 0. The lowest BCUT2D eigenvalue weighted by Crippen LogP contribution is -2.37. The molecule has 0 bridgehead atoms. The fourth-order valence-corrected chi connectivity index (χ4v) is 3.17. The number of nitrogens with one attached hydrogen (secondary N) is 2. The van der Waals surface area contributed by atoms with E-state index in [1.54, 1.807) is 12.3 Å². The molecule has 2 amide bonds. The Morgan fingerprint density at radius 3 is 2.77 bits per heavy atom. The summed E-state index contributed by atoms with van der Waals surface area (Å²) in [7, 11) is 0. The van der Waals surface area contributed by atoms with Crippen LogP contribution in [0.1, 0.15) is 55.5 Å². The molecule has 0 aliphatic carbocycles. The maximum Gasteiger partial charge on any atom is 0.228 e. The number of aromatic nitrogens is 1. The summed E-state index contributed by atoms with van der Waals surface area (Å²) in [5, 5.41) is 5.81. The summed E-state index contributed by atoms with van der Waals surface area (Å²) in [6.07, 6.45) is 1.97. The molecule has 1 aromatic carbocycles. The average Bonchev–Trinajstić information content (AvgIpc) is 2.73. The smallest absolute Gasteiger partial charge is 0.228 e. The van der Waals surface area contributed by atoms with Gasteiger partial charge in [0.05, 0.1) is 19.1 Å². The van der Waals surface area contributed by atoms with Gasteiger partial charge in [-0.2, -0.15) is 0 Å². The highest BCUT2D eigenvalue weighted by Gasteiger charge is 2.24. The molecule has 2 aromatic rings. The highest BCUT2D eigenvalue weighted by Crippen LogP contribution is 2.26. The van der Waals surface area contributed by atoms with Gasteiger partial charge in [-0.1, -0.05) is 26.0 Å². The number of amidine groups is 1. The number of rotatable bonds is 7. The largest absolute Gasteiger partial charge is 0.478 e. The molecule has 0 radical (unpaired) electrons. The summed E-state index contributed by atoms with van der Waals surface area (Å²) in [4.78, 5) is 33.3. The fraction of sp³-hybridized carbons (Fsp3) is 0.391. The van der Waals surface area contributed by atoms with Gasteiger partial charge >= 0.3 is 0 Å². The Kier molecular flexibility index (Phi) is 6.82. The number of amides is 2. The maximum atomic E-state index is 12.4. The molecule has 1 aliphatic rings. The molecule has 7 nitrogen and oxygen atoms in total. The van der Waals surface area contributed by atoms with Gasteiger partial charge < -0.3 is 15.4 Å². The topological polar surface area (TPSA) is 92.7 Å². The summed E-state index contributed by atoms with van der Waals surface area (Å²) in [5.74, 6) is 0.943. The molecule has 1 unspecified atom stereocenters. The van der Waals surface area contributed by atoms with E-state index in [-0.39, 0.29) is 30.2 Å². The maximum absolute atomic E-state index is 12.4. The first-order valence-corrected chi connectivity index (χ1v) is 10.2. The zero-order valence-electron chi connectivity index (χ0n) is 17.9. The number of ether oxygens (including phenoxy) is 1. The van der Waals surface area contributed by atoms with Crippen LogP contribution >= 0.6 is 0 Å². The van der Waals surface area contributed by atoms with Gasteiger partial charge in [-0.05, 0) is 42.7 Å². The van der Waals surface area contributed by atoms with Crippen molar-refractivity contribution in [3.63, 3.8) is 0 Å². The predicted molar refractivity (Wildman–Crippen MR) is 115 cm³/mol. The monoisotopic (exact) mass is 408 g/mol. The van der Waals surface area contributed by atoms with Crippen molar-refractivity contribution in [2.45, 2.75) is 46.7 Å². The van der Waals surface area contributed by atoms with E-state index in [2.05, 4.69) is 15.6 Å². The molecule has 1 aliphatic heterocycles. The second-order valence-corrected chi connectivity index (χ2v) is 7.63. The first-order chi connectivity index (χ1) is 14.4. The third kappa shape index (κ3) is 5.23. The van der Waals surface area contributed by atoms with Gasteiger partial charge in [-0.25, -0.2) is 4.98 Å².